The molecule has 0 unspecified atom stereocenters. The van der Waals surface area contributed by atoms with Crippen LogP contribution in [-0.2, 0) is 11.3 Å². The number of rotatable bonds is 7. The third kappa shape index (κ3) is 6.28. The molecule has 25 heavy (non-hydrogen) atoms. The molecule has 0 saturated heterocycles. The lowest BCUT2D eigenvalue weighted by Gasteiger charge is -2.09. The van der Waals surface area contributed by atoms with Crippen LogP contribution in [0.1, 0.15) is 15.9 Å². The number of hydrogen-bond donors (Lipinski definition) is 2. The Morgan fingerprint density at radius 1 is 1.16 bits per heavy atom. The molecule has 2 amide bonds. The Labute approximate surface area is 149 Å². The zero-order valence-electron chi connectivity index (χ0n) is 13.3. The van der Waals surface area contributed by atoms with Crippen molar-refractivity contribution in [3.05, 3.63) is 65.5 Å². The summed E-state index contributed by atoms with van der Waals surface area (Å²) in [6, 6.07) is 14.4. The Morgan fingerprint density at radius 3 is 2.72 bits per heavy atom. The summed E-state index contributed by atoms with van der Waals surface area (Å²) in [5.41, 5.74) is 1.60. The van der Waals surface area contributed by atoms with Crippen LogP contribution in [-0.4, -0.2) is 23.3 Å². The lowest BCUT2D eigenvalue weighted by Crippen LogP contribution is -2.24. The lowest BCUT2D eigenvalue weighted by molar-refractivity contribution is -0.118. The molecule has 0 fully saturated rings. The Morgan fingerprint density at radius 2 is 1.96 bits per heavy atom. The molecule has 2 aromatic rings. The number of nitriles is 1. The van der Waals surface area contributed by atoms with E-state index in [9.17, 15) is 14.0 Å². The van der Waals surface area contributed by atoms with Gasteiger partial charge in [0, 0.05) is 17.8 Å². The van der Waals surface area contributed by atoms with Crippen LogP contribution in [0.5, 0.6) is 0 Å². The van der Waals surface area contributed by atoms with Crippen molar-refractivity contribution in [3.63, 3.8) is 0 Å². The third-order valence-electron chi connectivity index (χ3n) is 3.16. The molecule has 0 spiro atoms. The van der Waals surface area contributed by atoms with Crippen molar-refractivity contribution < 1.29 is 14.0 Å². The van der Waals surface area contributed by atoms with E-state index in [4.69, 9.17) is 5.26 Å². The van der Waals surface area contributed by atoms with Crippen LogP contribution in [0.15, 0.2) is 48.5 Å². The van der Waals surface area contributed by atoms with E-state index in [0.717, 1.165) is 11.6 Å². The predicted molar refractivity (Wildman–Crippen MR) is 95.6 cm³/mol. The van der Waals surface area contributed by atoms with E-state index in [2.05, 4.69) is 10.6 Å². The van der Waals surface area contributed by atoms with Gasteiger partial charge in [0.15, 0.2) is 0 Å². The van der Waals surface area contributed by atoms with Gasteiger partial charge in [0.25, 0.3) is 5.91 Å². The van der Waals surface area contributed by atoms with E-state index in [1.54, 1.807) is 18.2 Å². The van der Waals surface area contributed by atoms with Gasteiger partial charge in [-0.05, 0) is 35.9 Å². The molecule has 0 heterocycles. The van der Waals surface area contributed by atoms with Gasteiger partial charge in [-0.3, -0.25) is 9.59 Å². The van der Waals surface area contributed by atoms with Gasteiger partial charge in [-0.25, -0.2) is 4.39 Å². The number of benzene rings is 2. The molecule has 0 aliphatic heterocycles. The first-order valence-corrected chi connectivity index (χ1v) is 8.61. The number of carbonyl (C=O) groups excluding carboxylic acids is 2. The molecular weight excluding hydrogens is 341 g/mol. The highest BCUT2D eigenvalue weighted by molar-refractivity contribution is 8.00. The Bertz CT molecular complexity index is 805. The molecule has 0 aliphatic rings. The monoisotopic (exact) mass is 357 g/mol. The van der Waals surface area contributed by atoms with E-state index in [1.165, 1.54) is 30.0 Å². The van der Waals surface area contributed by atoms with Gasteiger partial charge < -0.3 is 10.6 Å². The number of thioether (sulfide) groups is 1. The van der Waals surface area contributed by atoms with Crippen molar-refractivity contribution in [2.75, 3.05) is 16.8 Å². The zero-order chi connectivity index (χ0) is 18.1. The summed E-state index contributed by atoms with van der Waals surface area (Å²) in [6.07, 6.45) is 0. The SMILES string of the molecule is N#CCSCC(=O)NCc1cccc(NC(=O)c2cccc(F)c2)c1. The normalized spacial score (nSPS) is 9.92. The molecule has 0 radical (unpaired) electrons. The van der Waals surface area contributed by atoms with Crippen molar-refractivity contribution in [3.8, 4) is 6.07 Å². The summed E-state index contributed by atoms with van der Waals surface area (Å²) in [4.78, 5) is 23.7. The van der Waals surface area contributed by atoms with Gasteiger partial charge >= 0.3 is 0 Å². The lowest BCUT2D eigenvalue weighted by atomic mass is 10.1. The van der Waals surface area contributed by atoms with Crippen LogP contribution in [0.3, 0.4) is 0 Å². The second-order valence-corrected chi connectivity index (χ2v) is 6.08. The van der Waals surface area contributed by atoms with Crippen LogP contribution < -0.4 is 10.6 Å². The van der Waals surface area contributed by atoms with Gasteiger partial charge in [0.2, 0.25) is 5.91 Å². The average Bonchev–Trinajstić information content (AvgIpc) is 2.60. The summed E-state index contributed by atoms with van der Waals surface area (Å²) in [5.74, 6) is -0.542. The van der Waals surface area contributed by atoms with E-state index in [1.807, 2.05) is 12.1 Å². The highest BCUT2D eigenvalue weighted by Crippen LogP contribution is 2.13. The Hall–Kier alpha value is -2.85. The maximum absolute atomic E-state index is 13.2. The molecular formula is C18H16FN3O2S. The highest BCUT2D eigenvalue weighted by Gasteiger charge is 2.08. The fourth-order valence-corrected chi connectivity index (χ4v) is 2.51. The number of halogens is 1. The molecule has 2 N–H and O–H groups in total. The van der Waals surface area contributed by atoms with Crippen molar-refractivity contribution in [2.45, 2.75) is 6.54 Å². The number of carbonyl (C=O) groups is 2. The minimum Gasteiger partial charge on any atom is -0.351 e. The second-order valence-electron chi connectivity index (χ2n) is 5.09. The summed E-state index contributed by atoms with van der Waals surface area (Å²) in [7, 11) is 0. The average molecular weight is 357 g/mol. The number of nitrogens with one attached hydrogen (secondary N) is 2. The molecule has 128 valence electrons. The van der Waals surface area contributed by atoms with Crippen molar-refractivity contribution in [1.82, 2.24) is 5.32 Å². The fraction of sp³-hybridized carbons (Fsp3) is 0.167. The summed E-state index contributed by atoms with van der Waals surface area (Å²) < 4.78 is 13.2. The number of amides is 2. The van der Waals surface area contributed by atoms with Crippen molar-refractivity contribution in [1.29, 1.82) is 5.26 Å². The molecule has 5 nitrogen and oxygen atoms in total. The minimum absolute atomic E-state index is 0.158. The van der Waals surface area contributed by atoms with Crippen molar-refractivity contribution >= 4 is 29.3 Å². The van der Waals surface area contributed by atoms with Crippen LogP contribution in [0.4, 0.5) is 10.1 Å². The smallest absolute Gasteiger partial charge is 0.255 e. The van der Waals surface area contributed by atoms with Crippen LogP contribution in [0, 0.1) is 17.1 Å². The van der Waals surface area contributed by atoms with Gasteiger partial charge in [0.05, 0.1) is 17.6 Å². The molecule has 0 aliphatic carbocycles. The summed E-state index contributed by atoms with van der Waals surface area (Å²) in [6.45, 7) is 0.315. The first kappa shape index (κ1) is 18.5. The van der Waals surface area contributed by atoms with Gasteiger partial charge in [-0.1, -0.05) is 18.2 Å². The van der Waals surface area contributed by atoms with E-state index < -0.39 is 11.7 Å². The van der Waals surface area contributed by atoms with Crippen LogP contribution in [0.25, 0.3) is 0 Å². The van der Waals surface area contributed by atoms with Crippen LogP contribution >= 0.6 is 11.8 Å². The summed E-state index contributed by atoms with van der Waals surface area (Å²) >= 11 is 1.25. The first-order chi connectivity index (χ1) is 12.1. The van der Waals surface area contributed by atoms with E-state index in [0.29, 0.717) is 12.2 Å². The standard InChI is InChI=1S/C18H16FN3O2S/c19-15-5-2-4-14(10-15)18(24)22-16-6-1-3-13(9-16)11-21-17(23)12-25-8-7-20/h1-6,9-10H,8,11-12H2,(H,21,23)(H,22,24). The number of anilines is 1. The van der Waals surface area contributed by atoms with Crippen LogP contribution in [0.2, 0.25) is 0 Å². The number of hydrogen-bond acceptors (Lipinski definition) is 4. The third-order valence-corrected chi connectivity index (χ3v) is 3.96. The predicted octanol–water partition coefficient (Wildman–Crippen LogP) is 2.95. The maximum atomic E-state index is 13.2. The molecule has 7 heteroatoms. The largest absolute Gasteiger partial charge is 0.351 e. The fourth-order valence-electron chi connectivity index (χ4n) is 2.03. The quantitative estimate of drug-likeness (QED) is 0.747. The Balaban J connectivity index is 1.91. The van der Waals surface area contributed by atoms with Gasteiger partial charge in [0.1, 0.15) is 5.82 Å². The second kappa shape index (κ2) is 9.45. The molecule has 0 atom stereocenters. The summed E-state index contributed by atoms with van der Waals surface area (Å²) in [5, 5.41) is 13.9. The first-order valence-electron chi connectivity index (χ1n) is 7.46. The highest BCUT2D eigenvalue weighted by atomic mass is 32.2. The molecule has 0 saturated carbocycles. The molecule has 0 aromatic heterocycles. The Kier molecular flexibility index (Phi) is 6.99. The number of nitrogens with zero attached hydrogens (tertiary/aromatic N) is 1. The topological polar surface area (TPSA) is 82.0 Å². The molecule has 2 aromatic carbocycles. The minimum atomic E-state index is -0.474. The van der Waals surface area contributed by atoms with Gasteiger partial charge in [-0.2, -0.15) is 5.26 Å². The van der Waals surface area contributed by atoms with E-state index in [-0.39, 0.29) is 23.0 Å². The zero-order valence-corrected chi connectivity index (χ0v) is 14.1. The van der Waals surface area contributed by atoms with Crippen molar-refractivity contribution in [2.24, 2.45) is 0 Å². The molecule has 2 rings (SSSR count). The van der Waals surface area contributed by atoms with Gasteiger partial charge in [-0.15, -0.1) is 11.8 Å². The maximum Gasteiger partial charge on any atom is 0.255 e. The molecule has 0 bridgehead atoms. The van der Waals surface area contributed by atoms with E-state index >= 15 is 0 Å².